The van der Waals surface area contributed by atoms with Crippen molar-refractivity contribution in [2.75, 3.05) is 6.61 Å². The monoisotopic (exact) mass is 253 g/mol. The van der Waals surface area contributed by atoms with Crippen molar-refractivity contribution in [2.24, 2.45) is 11.7 Å². The van der Waals surface area contributed by atoms with E-state index in [9.17, 15) is 0 Å². The molecular weight excluding hydrogens is 234 g/mol. The smallest absolute Gasteiger partial charge is 0.120 e. The quantitative estimate of drug-likeness (QED) is 0.890. The molecule has 0 amide bonds. The van der Waals surface area contributed by atoms with Gasteiger partial charge < -0.3 is 10.5 Å². The van der Waals surface area contributed by atoms with Crippen LogP contribution in [0.3, 0.4) is 0 Å². The number of rotatable bonds is 4. The average Bonchev–Trinajstić information content (AvgIpc) is 2.37. The van der Waals surface area contributed by atoms with Crippen LogP contribution in [0.1, 0.15) is 32.1 Å². The molecule has 0 aromatic heterocycles. The molecular formula is C14H20ClNO. The predicted octanol–water partition coefficient (Wildman–Crippen LogP) is 3.63. The van der Waals surface area contributed by atoms with Gasteiger partial charge in [0, 0.05) is 11.1 Å². The molecule has 2 nitrogen and oxygen atoms in total. The average molecular weight is 254 g/mol. The number of ether oxygens (including phenoxy) is 1. The predicted molar refractivity (Wildman–Crippen MR) is 71.5 cm³/mol. The molecule has 0 spiro atoms. The largest absolute Gasteiger partial charge is 0.492 e. The zero-order valence-corrected chi connectivity index (χ0v) is 10.8. The molecule has 1 fully saturated rings. The molecule has 0 aliphatic heterocycles. The minimum absolute atomic E-state index is 0.147. The van der Waals surface area contributed by atoms with Gasteiger partial charge >= 0.3 is 0 Å². The highest BCUT2D eigenvalue weighted by molar-refractivity contribution is 6.30. The molecule has 1 aromatic rings. The van der Waals surface area contributed by atoms with Crippen molar-refractivity contribution in [2.45, 2.75) is 38.1 Å². The number of nitrogens with two attached hydrogens (primary N) is 1. The second-order valence-corrected chi connectivity index (χ2v) is 5.27. The summed E-state index contributed by atoms with van der Waals surface area (Å²) in [7, 11) is 0. The molecule has 1 unspecified atom stereocenters. The first-order chi connectivity index (χ1) is 8.25. The fourth-order valence-electron chi connectivity index (χ4n) is 2.45. The molecule has 0 heterocycles. The summed E-state index contributed by atoms with van der Waals surface area (Å²) in [5.41, 5.74) is 6.18. The summed E-state index contributed by atoms with van der Waals surface area (Å²) in [6.45, 7) is 0.588. The number of halogens is 1. The van der Waals surface area contributed by atoms with Gasteiger partial charge in [-0.1, -0.05) is 36.9 Å². The molecule has 2 N–H and O–H groups in total. The van der Waals surface area contributed by atoms with Crippen molar-refractivity contribution >= 4 is 11.6 Å². The van der Waals surface area contributed by atoms with E-state index >= 15 is 0 Å². The highest BCUT2D eigenvalue weighted by Gasteiger charge is 2.20. The first-order valence-electron chi connectivity index (χ1n) is 6.39. The zero-order valence-electron chi connectivity index (χ0n) is 10.1. The van der Waals surface area contributed by atoms with Gasteiger partial charge in [-0.15, -0.1) is 0 Å². The van der Waals surface area contributed by atoms with E-state index in [0.29, 0.717) is 17.5 Å². The molecule has 94 valence electrons. The van der Waals surface area contributed by atoms with E-state index in [1.165, 1.54) is 32.1 Å². The van der Waals surface area contributed by atoms with Crippen molar-refractivity contribution in [1.29, 1.82) is 0 Å². The molecule has 1 aliphatic rings. The molecule has 1 atom stereocenters. The van der Waals surface area contributed by atoms with E-state index in [1.807, 2.05) is 24.3 Å². The minimum atomic E-state index is 0.147. The van der Waals surface area contributed by atoms with Crippen LogP contribution in [-0.2, 0) is 0 Å². The Balaban J connectivity index is 1.80. The lowest BCUT2D eigenvalue weighted by molar-refractivity contribution is 0.214. The molecule has 2 rings (SSSR count). The van der Waals surface area contributed by atoms with Crippen molar-refractivity contribution in [3.05, 3.63) is 29.3 Å². The molecule has 1 saturated carbocycles. The van der Waals surface area contributed by atoms with Crippen LogP contribution < -0.4 is 10.5 Å². The minimum Gasteiger partial charge on any atom is -0.492 e. The summed E-state index contributed by atoms with van der Waals surface area (Å²) in [5.74, 6) is 1.44. The van der Waals surface area contributed by atoms with Gasteiger partial charge in [-0.05, 0) is 37.0 Å². The summed E-state index contributed by atoms with van der Waals surface area (Å²) in [6, 6.07) is 7.63. The topological polar surface area (TPSA) is 35.2 Å². The van der Waals surface area contributed by atoms with E-state index in [0.717, 1.165) is 5.75 Å². The van der Waals surface area contributed by atoms with Crippen molar-refractivity contribution < 1.29 is 4.74 Å². The number of benzene rings is 1. The number of hydrogen-bond acceptors (Lipinski definition) is 2. The van der Waals surface area contributed by atoms with Crippen LogP contribution in [0, 0.1) is 5.92 Å². The maximum Gasteiger partial charge on any atom is 0.120 e. The second kappa shape index (κ2) is 6.27. The molecule has 3 heteroatoms. The molecule has 0 radical (unpaired) electrons. The second-order valence-electron chi connectivity index (χ2n) is 4.83. The Labute approximate surface area is 108 Å². The Morgan fingerprint density at radius 2 is 2.06 bits per heavy atom. The van der Waals surface area contributed by atoms with Crippen LogP contribution in [0.15, 0.2) is 24.3 Å². The van der Waals surface area contributed by atoms with Crippen molar-refractivity contribution in [3.63, 3.8) is 0 Å². The Bertz CT molecular complexity index is 350. The van der Waals surface area contributed by atoms with Crippen LogP contribution in [0.25, 0.3) is 0 Å². The number of hydrogen-bond donors (Lipinski definition) is 1. The Morgan fingerprint density at radius 1 is 1.29 bits per heavy atom. The standard InChI is InChI=1S/C14H20ClNO/c15-12-7-4-8-13(9-12)17-10-14(16)11-5-2-1-3-6-11/h4,7-9,11,14H,1-3,5-6,10,16H2. The maximum absolute atomic E-state index is 6.18. The normalized spacial score (nSPS) is 18.9. The van der Waals surface area contributed by atoms with Crippen LogP contribution in [0.5, 0.6) is 5.75 Å². The van der Waals surface area contributed by atoms with Gasteiger partial charge in [0.15, 0.2) is 0 Å². The van der Waals surface area contributed by atoms with E-state index in [1.54, 1.807) is 0 Å². The van der Waals surface area contributed by atoms with Crippen LogP contribution in [0.2, 0.25) is 5.02 Å². The first kappa shape index (κ1) is 12.7. The fraction of sp³-hybridized carbons (Fsp3) is 0.571. The van der Waals surface area contributed by atoms with Gasteiger partial charge in [-0.3, -0.25) is 0 Å². The van der Waals surface area contributed by atoms with Gasteiger partial charge in [-0.2, -0.15) is 0 Å². The highest BCUT2D eigenvalue weighted by Crippen LogP contribution is 2.26. The fourth-order valence-corrected chi connectivity index (χ4v) is 2.63. The lowest BCUT2D eigenvalue weighted by atomic mass is 9.84. The van der Waals surface area contributed by atoms with Crippen LogP contribution in [-0.4, -0.2) is 12.6 Å². The highest BCUT2D eigenvalue weighted by atomic mass is 35.5. The van der Waals surface area contributed by atoms with Gasteiger partial charge in [0.25, 0.3) is 0 Å². The summed E-state index contributed by atoms with van der Waals surface area (Å²) in [5, 5.41) is 0.703. The third-order valence-electron chi connectivity index (χ3n) is 3.49. The molecule has 1 aromatic carbocycles. The third-order valence-corrected chi connectivity index (χ3v) is 3.73. The summed E-state index contributed by atoms with van der Waals surface area (Å²) in [6.07, 6.45) is 6.49. The third kappa shape index (κ3) is 3.90. The summed E-state index contributed by atoms with van der Waals surface area (Å²) >= 11 is 5.90. The molecule has 17 heavy (non-hydrogen) atoms. The van der Waals surface area contributed by atoms with Crippen LogP contribution in [0.4, 0.5) is 0 Å². The van der Waals surface area contributed by atoms with E-state index < -0.39 is 0 Å². The first-order valence-corrected chi connectivity index (χ1v) is 6.77. The van der Waals surface area contributed by atoms with Crippen molar-refractivity contribution in [3.8, 4) is 5.75 Å². The Hall–Kier alpha value is -0.730. The van der Waals surface area contributed by atoms with E-state index in [-0.39, 0.29) is 6.04 Å². The van der Waals surface area contributed by atoms with Crippen LogP contribution >= 0.6 is 11.6 Å². The summed E-state index contributed by atoms with van der Waals surface area (Å²) in [4.78, 5) is 0. The van der Waals surface area contributed by atoms with Gasteiger partial charge in [-0.25, -0.2) is 0 Å². The zero-order chi connectivity index (χ0) is 12.1. The molecule has 1 aliphatic carbocycles. The Kier molecular flexibility index (Phi) is 4.69. The van der Waals surface area contributed by atoms with Gasteiger partial charge in [0.05, 0.1) is 0 Å². The molecule has 0 saturated heterocycles. The van der Waals surface area contributed by atoms with E-state index in [2.05, 4.69) is 0 Å². The molecule has 0 bridgehead atoms. The lowest BCUT2D eigenvalue weighted by Crippen LogP contribution is -2.37. The maximum atomic E-state index is 6.18. The van der Waals surface area contributed by atoms with E-state index in [4.69, 9.17) is 22.1 Å². The SMILES string of the molecule is NC(COc1cccc(Cl)c1)C1CCCCC1. The lowest BCUT2D eigenvalue weighted by Gasteiger charge is -2.27. The van der Waals surface area contributed by atoms with Crippen molar-refractivity contribution in [1.82, 2.24) is 0 Å². The summed E-state index contributed by atoms with van der Waals surface area (Å²) < 4.78 is 5.69. The van der Waals surface area contributed by atoms with Gasteiger partial charge in [0.1, 0.15) is 12.4 Å². The Morgan fingerprint density at radius 3 is 2.76 bits per heavy atom. The van der Waals surface area contributed by atoms with Gasteiger partial charge in [0.2, 0.25) is 0 Å².